The van der Waals surface area contributed by atoms with Gasteiger partial charge in [0.15, 0.2) is 11.5 Å². The second kappa shape index (κ2) is 7.84. The van der Waals surface area contributed by atoms with E-state index in [1.807, 2.05) is 18.2 Å². The molecule has 1 amide bonds. The molecule has 1 aliphatic heterocycles. The summed E-state index contributed by atoms with van der Waals surface area (Å²) in [5.41, 5.74) is 6.30. The van der Waals surface area contributed by atoms with E-state index >= 15 is 0 Å². The molecule has 5 nitrogen and oxygen atoms in total. The average Bonchev–Trinajstić information content (AvgIpc) is 3.16. The van der Waals surface area contributed by atoms with Crippen molar-refractivity contribution in [3.05, 3.63) is 76.5 Å². The maximum absolute atomic E-state index is 12.7. The first kappa shape index (κ1) is 18.1. The summed E-state index contributed by atoms with van der Waals surface area (Å²) in [6.45, 7) is 4.00. The van der Waals surface area contributed by atoms with Gasteiger partial charge < -0.3 is 9.84 Å². The lowest BCUT2D eigenvalue weighted by atomic mass is 9.88. The summed E-state index contributed by atoms with van der Waals surface area (Å²) in [6.07, 6.45) is 3.82. The van der Waals surface area contributed by atoms with Gasteiger partial charge in [-0.25, -0.2) is 0 Å². The molecular weight excluding hydrogens is 362 g/mol. The van der Waals surface area contributed by atoms with E-state index in [1.54, 1.807) is 0 Å². The van der Waals surface area contributed by atoms with Gasteiger partial charge in [0.2, 0.25) is 0 Å². The molecule has 0 spiro atoms. The number of nitrogens with one attached hydrogen (secondary N) is 1. The highest BCUT2D eigenvalue weighted by Crippen LogP contribution is 2.36. The van der Waals surface area contributed by atoms with Gasteiger partial charge in [0, 0.05) is 24.2 Å². The number of aryl methyl sites for hydroxylation is 1. The lowest BCUT2D eigenvalue weighted by Crippen LogP contribution is -2.36. The highest BCUT2D eigenvalue weighted by molar-refractivity contribution is 5.95. The normalized spacial score (nSPS) is 15.3. The SMILES string of the molecule is O=C(NCCc1ccccc1)c1noc2c1CCc1cc(CN3CCC3)ccc1-2. The quantitative estimate of drug-likeness (QED) is 0.702. The van der Waals surface area contributed by atoms with Crippen molar-refractivity contribution in [1.29, 1.82) is 0 Å². The largest absolute Gasteiger partial charge is 0.355 e. The van der Waals surface area contributed by atoms with Crippen molar-refractivity contribution >= 4 is 5.91 Å². The van der Waals surface area contributed by atoms with Crippen molar-refractivity contribution in [2.75, 3.05) is 19.6 Å². The van der Waals surface area contributed by atoms with Gasteiger partial charge in [-0.2, -0.15) is 0 Å². The molecule has 29 heavy (non-hydrogen) atoms. The predicted molar refractivity (Wildman–Crippen MR) is 112 cm³/mol. The number of benzene rings is 2. The van der Waals surface area contributed by atoms with Crippen LogP contribution in [0.3, 0.4) is 0 Å². The van der Waals surface area contributed by atoms with Gasteiger partial charge in [-0.05, 0) is 55.5 Å². The minimum Gasteiger partial charge on any atom is -0.355 e. The number of nitrogens with zero attached hydrogens (tertiary/aromatic N) is 2. The van der Waals surface area contributed by atoms with Crippen LogP contribution in [0, 0.1) is 0 Å². The Balaban J connectivity index is 1.28. The van der Waals surface area contributed by atoms with E-state index in [9.17, 15) is 4.79 Å². The van der Waals surface area contributed by atoms with E-state index in [4.69, 9.17) is 4.52 Å². The van der Waals surface area contributed by atoms with E-state index in [-0.39, 0.29) is 5.91 Å². The molecule has 5 rings (SSSR count). The fraction of sp³-hybridized carbons (Fsp3) is 0.333. The molecule has 1 aliphatic carbocycles. The average molecular weight is 387 g/mol. The Labute approximate surface area is 170 Å². The molecule has 0 unspecified atom stereocenters. The standard InChI is InChI=1S/C24H25N3O2/c28-24(25-12-11-17-5-2-1-3-6-17)22-21-10-8-19-15-18(16-27-13-4-14-27)7-9-20(19)23(21)29-26-22/h1-3,5-7,9,15H,4,8,10-14,16H2,(H,25,28). The van der Waals surface area contributed by atoms with Crippen LogP contribution >= 0.6 is 0 Å². The van der Waals surface area contributed by atoms with Crippen molar-refractivity contribution in [3.63, 3.8) is 0 Å². The number of carbonyl (C=O) groups is 1. The van der Waals surface area contributed by atoms with Gasteiger partial charge in [0.1, 0.15) is 0 Å². The molecule has 5 heteroatoms. The Hall–Kier alpha value is -2.92. The minimum atomic E-state index is -0.149. The number of hydrogen-bond donors (Lipinski definition) is 1. The molecule has 2 heterocycles. The van der Waals surface area contributed by atoms with Gasteiger partial charge in [-0.15, -0.1) is 0 Å². The van der Waals surface area contributed by atoms with E-state index < -0.39 is 0 Å². The fourth-order valence-electron chi connectivity index (χ4n) is 4.21. The van der Waals surface area contributed by atoms with E-state index in [0.717, 1.165) is 42.7 Å². The van der Waals surface area contributed by atoms with E-state index in [1.165, 1.54) is 36.2 Å². The zero-order valence-electron chi connectivity index (χ0n) is 16.5. The topological polar surface area (TPSA) is 58.4 Å². The first-order chi connectivity index (χ1) is 14.3. The molecule has 0 bridgehead atoms. The Bertz CT molecular complexity index is 1020. The fourth-order valence-corrected chi connectivity index (χ4v) is 4.21. The highest BCUT2D eigenvalue weighted by atomic mass is 16.5. The summed E-state index contributed by atoms with van der Waals surface area (Å²) in [6, 6.07) is 16.7. The summed E-state index contributed by atoms with van der Waals surface area (Å²) in [4.78, 5) is 15.1. The van der Waals surface area contributed by atoms with Crippen LogP contribution in [0.2, 0.25) is 0 Å². The van der Waals surface area contributed by atoms with Gasteiger partial charge >= 0.3 is 0 Å². The third-order valence-corrected chi connectivity index (χ3v) is 5.96. The summed E-state index contributed by atoms with van der Waals surface area (Å²) in [5.74, 6) is 0.610. The molecule has 1 aromatic heterocycles. The number of rotatable bonds is 6. The minimum absolute atomic E-state index is 0.149. The number of carbonyl (C=O) groups excluding carboxylic acids is 1. The number of likely N-dealkylation sites (tertiary alicyclic amines) is 1. The highest BCUT2D eigenvalue weighted by Gasteiger charge is 2.28. The predicted octanol–water partition coefficient (Wildman–Crippen LogP) is 3.62. The van der Waals surface area contributed by atoms with Crippen LogP contribution in [-0.4, -0.2) is 35.6 Å². The Morgan fingerprint density at radius 3 is 2.72 bits per heavy atom. The van der Waals surface area contributed by atoms with Gasteiger partial charge in [0.25, 0.3) is 5.91 Å². The molecule has 1 saturated heterocycles. The number of aromatic nitrogens is 1. The second-order valence-electron chi connectivity index (χ2n) is 7.95. The Morgan fingerprint density at radius 2 is 1.93 bits per heavy atom. The van der Waals surface area contributed by atoms with Crippen LogP contribution in [-0.2, 0) is 25.8 Å². The van der Waals surface area contributed by atoms with Crippen LogP contribution in [0.25, 0.3) is 11.3 Å². The second-order valence-corrected chi connectivity index (χ2v) is 7.95. The Kier molecular flexibility index (Phi) is 4.90. The van der Waals surface area contributed by atoms with Crippen molar-refractivity contribution in [2.45, 2.75) is 32.2 Å². The van der Waals surface area contributed by atoms with Crippen LogP contribution in [0.4, 0.5) is 0 Å². The van der Waals surface area contributed by atoms with Crippen molar-refractivity contribution in [2.24, 2.45) is 0 Å². The number of amides is 1. The molecule has 0 saturated carbocycles. The van der Waals surface area contributed by atoms with E-state index in [0.29, 0.717) is 12.2 Å². The molecule has 1 N–H and O–H groups in total. The first-order valence-corrected chi connectivity index (χ1v) is 10.4. The lowest BCUT2D eigenvalue weighted by molar-refractivity contribution is 0.0944. The van der Waals surface area contributed by atoms with Gasteiger partial charge in [-0.1, -0.05) is 53.7 Å². The summed E-state index contributed by atoms with van der Waals surface area (Å²) in [7, 11) is 0. The zero-order valence-corrected chi connectivity index (χ0v) is 16.5. The third-order valence-electron chi connectivity index (χ3n) is 5.96. The molecular formula is C24H25N3O2. The molecule has 2 aromatic carbocycles. The zero-order chi connectivity index (χ0) is 19.6. The van der Waals surface area contributed by atoms with Gasteiger partial charge in [-0.3, -0.25) is 9.69 Å². The van der Waals surface area contributed by atoms with Gasteiger partial charge in [0.05, 0.1) is 0 Å². The lowest BCUT2D eigenvalue weighted by Gasteiger charge is -2.31. The van der Waals surface area contributed by atoms with Crippen LogP contribution in [0.5, 0.6) is 0 Å². The Morgan fingerprint density at radius 1 is 1.07 bits per heavy atom. The number of hydrogen-bond acceptors (Lipinski definition) is 4. The van der Waals surface area contributed by atoms with Crippen molar-refractivity contribution in [1.82, 2.24) is 15.4 Å². The molecule has 148 valence electrons. The molecule has 0 radical (unpaired) electrons. The van der Waals surface area contributed by atoms with Crippen LogP contribution in [0.1, 0.15) is 39.2 Å². The maximum atomic E-state index is 12.7. The van der Waals surface area contributed by atoms with Crippen LogP contribution < -0.4 is 5.32 Å². The maximum Gasteiger partial charge on any atom is 0.273 e. The molecule has 0 atom stereocenters. The molecule has 2 aliphatic rings. The third kappa shape index (κ3) is 3.70. The molecule has 3 aromatic rings. The van der Waals surface area contributed by atoms with E-state index in [2.05, 4.69) is 45.7 Å². The van der Waals surface area contributed by atoms with Crippen molar-refractivity contribution in [3.8, 4) is 11.3 Å². The molecule has 1 fully saturated rings. The summed E-state index contributed by atoms with van der Waals surface area (Å²) in [5, 5.41) is 7.10. The summed E-state index contributed by atoms with van der Waals surface area (Å²) < 4.78 is 5.63. The smallest absolute Gasteiger partial charge is 0.273 e. The van der Waals surface area contributed by atoms with Crippen molar-refractivity contribution < 1.29 is 9.32 Å². The first-order valence-electron chi connectivity index (χ1n) is 10.4. The van der Waals surface area contributed by atoms with Crippen LogP contribution in [0.15, 0.2) is 53.1 Å². The summed E-state index contributed by atoms with van der Waals surface area (Å²) >= 11 is 0. The monoisotopic (exact) mass is 387 g/mol. The number of fused-ring (bicyclic) bond motifs is 3.